The number of fused-ring (bicyclic) bond motifs is 1. The van der Waals surface area contributed by atoms with Gasteiger partial charge in [0.25, 0.3) is 0 Å². The Hall–Kier alpha value is -1.72. The molecule has 1 aromatic heterocycles. The molecule has 0 aliphatic heterocycles. The number of aliphatic hydroxyl groups excluding tert-OH is 1. The van der Waals surface area contributed by atoms with Crippen molar-refractivity contribution in [3.05, 3.63) is 47.0 Å². The first kappa shape index (κ1) is 16.1. The van der Waals surface area contributed by atoms with E-state index in [1.54, 1.807) is 0 Å². The highest BCUT2D eigenvalue weighted by Gasteiger charge is 2.26. The third-order valence-electron chi connectivity index (χ3n) is 4.91. The third-order valence-corrected chi connectivity index (χ3v) is 4.91. The number of hydrogen-bond acceptors (Lipinski definition) is 4. The zero-order chi connectivity index (χ0) is 16.2. The van der Waals surface area contributed by atoms with Crippen LogP contribution >= 0.6 is 0 Å². The van der Waals surface area contributed by atoms with E-state index in [4.69, 9.17) is 0 Å². The number of rotatable bonds is 6. The van der Waals surface area contributed by atoms with Gasteiger partial charge in [0, 0.05) is 26.2 Å². The summed E-state index contributed by atoms with van der Waals surface area (Å²) in [6.07, 6.45) is 4.34. The Morgan fingerprint density at radius 1 is 1.30 bits per heavy atom. The molecule has 0 spiro atoms. The maximum absolute atomic E-state index is 9.27. The molecule has 1 aliphatic rings. The molecular weight excluding hydrogens is 288 g/mol. The fourth-order valence-corrected chi connectivity index (χ4v) is 3.50. The maximum atomic E-state index is 9.27. The number of benzene rings is 1. The van der Waals surface area contributed by atoms with Crippen molar-refractivity contribution in [3.63, 3.8) is 0 Å². The molecule has 1 unspecified atom stereocenters. The lowest BCUT2D eigenvalue weighted by atomic mass is 9.86. The summed E-state index contributed by atoms with van der Waals surface area (Å²) in [6, 6.07) is 9.17. The molecule has 1 heterocycles. The number of aryl methyl sites for hydroxylation is 2. The summed E-state index contributed by atoms with van der Waals surface area (Å²) in [4.78, 5) is 2.46. The number of aliphatic hydroxyl groups is 1. The molecule has 5 nitrogen and oxygen atoms in total. The molecule has 124 valence electrons. The van der Waals surface area contributed by atoms with E-state index in [1.165, 1.54) is 30.4 Å². The first-order valence-electron chi connectivity index (χ1n) is 8.48. The largest absolute Gasteiger partial charge is 0.396 e. The Bertz CT molecular complexity index is 652. The summed E-state index contributed by atoms with van der Waals surface area (Å²) in [5.41, 5.74) is 2.91. The summed E-state index contributed by atoms with van der Waals surface area (Å²) in [7, 11) is 2.02. The van der Waals surface area contributed by atoms with Crippen molar-refractivity contribution in [2.45, 2.75) is 45.2 Å². The summed E-state index contributed by atoms with van der Waals surface area (Å²) in [5.74, 6) is 1.93. The van der Waals surface area contributed by atoms with Gasteiger partial charge in [-0.15, -0.1) is 10.2 Å². The number of aromatic nitrogens is 3. The average Bonchev–Trinajstić information content (AvgIpc) is 2.90. The highest BCUT2D eigenvalue weighted by molar-refractivity contribution is 5.32. The second-order valence-electron chi connectivity index (χ2n) is 6.38. The standard InChI is InChI=1S/C18H26N4O/c1-14-19-20-18(21(14)2)13-22(11-6-12-23)17-10-5-8-15-7-3-4-9-16(15)17/h3-4,7,9,17,23H,5-6,8,10-13H2,1-2H3. The molecule has 1 aliphatic carbocycles. The van der Waals surface area contributed by atoms with Gasteiger partial charge in [-0.2, -0.15) is 0 Å². The van der Waals surface area contributed by atoms with Crippen molar-refractivity contribution < 1.29 is 5.11 Å². The van der Waals surface area contributed by atoms with Gasteiger partial charge in [-0.3, -0.25) is 4.90 Å². The topological polar surface area (TPSA) is 54.2 Å². The lowest BCUT2D eigenvalue weighted by Crippen LogP contribution is -2.33. The van der Waals surface area contributed by atoms with Crippen molar-refractivity contribution in [3.8, 4) is 0 Å². The van der Waals surface area contributed by atoms with E-state index >= 15 is 0 Å². The van der Waals surface area contributed by atoms with Crippen LogP contribution in [-0.2, 0) is 20.0 Å². The molecule has 0 radical (unpaired) electrons. The van der Waals surface area contributed by atoms with Crippen LogP contribution in [0.4, 0.5) is 0 Å². The molecule has 0 fully saturated rings. The lowest BCUT2D eigenvalue weighted by Gasteiger charge is -2.35. The Labute approximate surface area is 138 Å². The van der Waals surface area contributed by atoms with Gasteiger partial charge in [0.05, 0.1) is 6.54 Å². The highest BCUT2D eigenvalue weighted by atomic mass is 16.3. The van der Waals surface area contributed by atoms with Crippen LogP contribution in [0.5, 0.6) is 0 Å². The van der Waals surface area contributed by atoms with Crippen LogP contribution in [0.15, 0.2) is 24.3 Å². The first-order chi connectivity index (χ1) is 11.2. The molecule has 23 heavy (non-hydrogen) atoms. The summed E-state index contributed by atoms with van der Waals surface area (Å²) in [6.45, 7) is 3.85. The van der Waals surface area contributed by atoms with E-state index in [0.717, 1.165) is 31.2 Å². The van der Waals surface area contributed by atoms with Crippen LogP contribution in [0.25, 0.3) is 0 Å². The Balaban J connectivity index is 1.86. The maximum Gasteiger partial charge on any atom is 0.146 e. The van der Waals surface area contributed by atoms with Crippen LogP contribution < -0.4 is 0 Å². The Morgan fingerprint density at radius 2 is 2.13 bits per heavy atom. The minimum absolute atomic E-state index is 0.225. The zero-order valence-electron chi connectivity index (χ0n) is 14.1. The number of nitrogens with zero attached hydrogens (tertiary/aromatic N) is 4. The van der Waals surface area contributed by atoms with Crippen molar-refractivity contribution in [2.24, 2.45) is 7.05 Å². The van der Waals surface area contributed by atoms with E-state index < -0.39 is 0 Å². The van der Waals surface area contributed by atoms with Crippen LogP contribution in [0.1, 0.15) is 48.1 Å². The van der Waals surface area contributed by atoms with Crippen LogP contribution in [0, 0.1) is 6.92 Å². The first-order valence-corrected chi connectivity index (χ1v) is 8.48. The smallest absolute Gasteiger partial charge is 0.146 e. The van der Waals surface area contributed by atoms with Crippen LogP contribution in [-0.4, -0.2) is 37.9 Å². The molecule has 3 rings (SSSR count). The van der Waals surface area contributed by atoms with Gasteiger partial charge in [0.1, 0.15) is 11.6 Å². The van der Waals surface area contributed by atoms with E-state index in [1.807, 2.05) is 14.0 Å². The fourth-order valence-electron chi connectivity index (χ4n) is 3.50. The van der Waals surface area contributed by atoms with Crippen molar-refractivity contribution >= 4 is 0 Å². The van der Waals surface area contributed by atoms with Gasteiger partial charge in [-0.25, -0.2) is 0 Å². The van der Waals surface area contributed by atoms with Gasteiger partial charge < -0.3 is 9.67 Å². The van der Waals surface area contributed by atoms with Gasteiger partial charge in [-0.05, 0) is 43.7 Å². The minimum atomic E-state index is 0.225. The highest BCUT2D eigenvalue weighted by Crippen LogP contribution is 2.35. The van der Waals surface area contributed by atoms with E-state index in [0.29, 0.717) is 6.04 Å². The van der Waals surface area contributed by atoms with Crippen molar-refractivity contribution in [1.82, 2.24) is 19.7 Å². The van der Waals surface area contributed by atoms with Gasteiger partial charge in [0.2, 0.25) is 0 Å². The van der Waals surface area contributed by atoms with E-state index in [2.05, 4.69) is 43.9 Å². The average molecular weight is 314 g/mol. The monoisotopic (exact) mass is 314 g/mol. The molecule has 2 aromatic rings. The summed E-state index contributed by atoms with van der Waals surface area (Å²) >= 11 is 0. The molecule has 0 amide bonds. The molecule has 0 saturated carbocycles. The van der Waals surface area contributed by atoms with Gasteiger partial charge >= 0.3 is 0 Å². The third kappa shape index (κ3) is 3.46. The van der Waals surface area contributed by atoms with E-state index in [9.17, 15) is 5.11 Å². The Kier molecular flexibility index (Phi) is 5.08. The quantitative estimate of drug-likeness (QED) is 0.889. The Morgan fingerprint density at radius 3 is 2.87 bits per heavy atom. The molecule has 5 heteroatoms. The zero-order valence-corrected chi connectivity index (χ0v) is 14.1. The molecule has 1 N–H and O–H groups in total. The summed E-state index contributed by atoms with van der Waals surface area (Å²) in [5, 5.41) is 17.8. The predicted molar refractivity (Wildman–Crippen MR) is 90.0 cm³/mol. The molecule has 1 atom stereocenters. The molecular formula is C18H26N4O. The second kappa shape index (κ2) is 7.23. The number of hydrogen-bond donors (Lipinski definition) is 1. The normalized spacial score (nSPS) is 17.5. The predicted octanol–water partition coefficient (Wildman–Crippen LogP) is 2.39. The second-order valence-corrected chi connectivity index (χ2v) is 6.38. The van der Waals surface area contributed by atoms with Crippen molar-refractivity contribution in [1.29, 1.82) is 0 Å². The molecule has 0 bridgehead atoms. The van der Waals surface area contributed by atoms with Gasteiger partial charge in [-0.1, -0.05) is 24.3 Å². The van der Waals surface area contributed by atoms with Gasteiger partial charge in [0.15, 0.2) is 0 Å². The SMILES string of the molecule is Cc1nnc(CN(CCCO)C2CCCc3ccccc32)n1C. The lowest BCUT2D eigenvalue weighted by molar-refractivity contribution is 0.147. The van der Waals surface area contributed by atoms with Crippen LogP contribution in [0.2, 0.25) is 0 Å². The fraction of sp³-hybridized carbons (Fsp3) is 0.556. The molecule has 0 saturated heterocycles. The van der Waals surface area contributed by atoms with E-state index in [-0.39, 0.29) is 6.61 Å². The molecule has 1 aromatic carbocycles. The minimum Gasteiger partial charge on any atom is -0.396 e. The van der Waals surface area contributed by atoms with Crippen molar-refractivity contribution in [2.75, 3.05) is 13.2 Å². The summed E-state index contributed by atoms with van der Waals surface area (Å²) < 4.78 is 2.06. The van der Waals surface area contributed by atoms with Crippen LogP contribution in [0.3, 0.4) is 0 Å².